The molecule has 2 nitrogen and oxygen atoms in total. The molecule has 4 heteroatoms. The van der Waals surface area contributed by atoms with Gasteiger partial charge in [0.25, 0.3) is 0 Å². The average Bonchev–Trinajstić information content (AvgIpc) is 3.11. The van der Waals surface area contributed by atoms with Crippen molar-refractivity contribution in [3.8, 4) is 0 Å². The van der Waals surface area contributed by atoms with Gasteiger partial charge in [-0.15, -0.1) is 0 Å². The molecule has 4 aliphatic carbocycles. The minimum atomic E-state index is -1.06. The average molecular weight is 500 g/mol. The standard InChI is InChI=1S/C29H48Cl2O2/c1-18(2)7-6-8-19(3)23-11-12-24-22-10-9-20-17-21(33-27(32)26(30)31)13-15-28(20,4)25(22)14-16-29(23,24)5/h18-26H,6-17H2,1-5H3/t19-,20+,21?,22?,23?,24?,25?,28?,29?/m1/s1. The van der Waals surface area contributed by atoms with Crippen LogP contribution in [0.15, 0.2) is 0 Å². The van der Waals surface area contributed by atoms with Gasteiger partial charge in [-0.2, -0.15) is 0 Å². The molecule has 4 saturated carbocycles. The van der Waals surface area contributed by atoms with E-state index in [0.29, 0.717) is 16.7 Å². The minimum Gasteiger partial charge on any atom is -0.460 e. The quantitative estimate of drug-likeness (QED) is 0.258. The summed E-state index contributed by atoms with van der Waals surface area (Å²) in [6.45, 7) is 12.6. The van der Waals surface area contributed by atoms with Crippen LogP contribution in [0.4, 0.5) is 0 Å². The maximum Gasteiger partial charge on any atom is 0.339 e. The number of carbonyl (C=O) groups is 1. The minimum absolute atomic E-state index is 0.00327. The number of rotatable bonds is 7. The lowest BCUT2D eigenvalue weighted by atomic mass is 9.44. The second-order valence-electron chi connectivity index (χ2n) is 13.3. The van der Waals surface area contributed by atoms with Gasteiger partial charge in [0.15, 0.2) is 0 Å². The highest BCUT2D eigenvalue weighted by Gasteiger charge is 2.60. The van der Waals surface area contributed by atoms with Crippen LogP contribution in [-0.4, -0.2) is 16.9 Å². The van der Waals surface area contributed by atoms with E-state index in [4.69, 9.17) is 27.9 Å². The van der Waals surface area contributed by atoms with Crippen LogP contribution >= 0.6 is 23.2 Å². The molecule has 190 valence electrons. The molecular formula is C29H48Cl2O2. The first-order chi connectivity index (χ1) is 15.6. The number of hydrogen-bond donors (Lipinski definition) is 0. The van der Waals surface area contributed by atoms with Crippen LogP contribution in [0, 0.1) is 52.3 Å². The van der Waals surface area contributed by atoms with Gasteiger partial charge in [0.05, 0.1) is 0 Å². The van der Waals surface area contributed by atoms with Crippen molar-refractivity contribution in [3.63, 3.8) is 0 Å². The summed E-state index contributed by atoms with van der Waals surface area (Å²) in [6.07, 6.45) is 15.8. The van der Waals surface area contributed by atoms with Crippen LogP contribution in [0.5, 0.6) is 0 Å². The molecule has 4 aliphatic rings. The fourth-order valence-corrected chi connectivity index (χ4v) is 9.67. The lowest BCUT2D eigenvalue weighted by Gasteiger charge is -2.61. The predicted octanol–water partition coefficient (Wildman–Crippen LogP) is 8.82. The monoisotopic (exact) mass is 498 g/mol. The normalized spacial score (nSPS) is 43.7. The molecule has 0 aliphatic heterocycles. The van der Waals surface area contributed by atoms with Crippen LogP contribution in [0.3, 0.4) is 0 Å². The highest BCUT2D eigenvalue weighted by molar-refractivity contribution is 6.52. The zero-order valence-electron chi connectivity index (χ0n) is 21.8. The van der Waals surface area contributed by atoms with Gasteiger partial charge in [0.1, 0.15) is 6.10 Å². The van der Waals surface area contributed by atoms with Crippen LogP contribution in [0.25, 0.3) is 0 Å². The third-order valence-corrected chi connectivity index (χ3v) is 11.6. The molecule has 0 saturated heterocycles. The summed E-state index contributed by atoms with van der Waals surface area (Å²) in [7, 11) is 0. The topological polar surface area (TPSA) is 26.3 Å². The smallest absolute Gasteiger partial charge is 0.339 e. The Labute approximate surface area is 213 Å². The Kier molecular flexibility index (Phi) is 8.07. The second-order valence-corrected chi connectivity index (χ2v) is 14.4. The van der Waals surface area contributed by atoms with Crippen molar-refractivity contribution in [2.75, 3.05) is 0 Å². The number of halogens is 2. The van der Waals surface area contributed by atoms with Crippen molar-refractivity contribution >= 4 is 29.2 Å². The van der Waals surface area contributed by atoms with E-state index >= 15 is 0 Å². The summed E-state index contributed by atoms with van der Waals surface area (Å²) in [4.78, 5) is 10.9. The number of esters is 1. The molecule has 0 bridgehead atoms. The molecule has 0 amide bonds. The first kappa shape index (κ1) is 26.1. The summed E-state index contributed by atoms with van der Waals surface area (Å²) < 4.78 is 5.65. The molecule has 33 heavy (non-hydrogen) atoms. The molecule has 9 atom stereocenters. The van der Waals surface area contributed by atoms with Crippen LogP contribution < -0.4 is 0 Å². The van der Waals surface area contributed by atoms with E-state index in [1.54, 1.807) is 0 Å². The Balaban J connectivity index is 1.41. The number of ether oxygens (including phenoxy) is 1. The Bertz CT molecular complexity index is 693. The summed E-state index contributed by atoms with van der Waals surface area (Å²) >= 11 is 11.5. The lowest BCUT2D eigenvalue weighted by molar-refractivity contribution is -0.161. The fraction of sp³-hybridized carbons (Fsp3) is 0.966. The maximum atomic E-state index is 11.9. The molecule has 4 rings (SSSR count). The van der Waals surface area contributed by atoms with Crippen molar-refractivity contribution in [2.24, 2.45) is 52.3 Å². The van der Waals surface area contributed by atoms with Gasteiger partial charge >= 0.3 is 5.97 Å². The van der Waals surface area contributed by atoms with E-state index in [-0.39, 0.29) is 6.10 Å². The summed E-state index contributed by atoms with van der Waals surface area (Å²) in [5, 5.41) is 0. The molecule has 0 spiro atoms. The highest BCUT2D eigenvalue weighted by atomic mass is 35.5. The maximum absolute atomic E-state index is 11.9. The van der Waals surface area contributed by atoms with Crippen LogP contribution in [0.1, 0.15) is 112 Å². The van der Waals surface area contributed by atoms with Gasteiger partial charge in [-0.3, -0.25) is 0 Å². The van der Waals surface area contributed by atoms with Crippen molar-refractivity contribution in [2.45, 2.75) is 123 Å². The summed E-state index contributed by atoms with van der Waals surface area (Å²) in [6, 6.07) is 0. The predicted molar refractivity (Wildman–Crippen MR) is 138 cm³/mol. The van der Waals surface area contributed by atoms with Gasteiger partial charge in [0.2, 0.25) is 4.84 Å². The molecule has 0 heterocycles. The third-order valence-electron chi connectivity index (χ3n) is 11.3. The van der Waals surface area contributed by atoms with E-state index < -0.39 is 10.8 Å². The largest absolute Gasteiger partial charge is 0.460 e. The van der Waals surface area contributed by atoms with Crippen LogP contribution in [0.2, 0.25) is 0 Å². The Morgan fingerprint density at radius 2 is 1.61 bits per heavy atom. The third kappa shape index (κ3) is 5.00. The number of alkyl halides is 2. The van der Waals surface area contributed by atoms with E-state index in [2.05, 4.69) is 34.6 Å². The fourth-order valence-electron chi connectivity index (χ4n) is 9.57. The number of carbonyl (C=O) groups excluding carboxylic acids is 1. The van der Waals surface area contributed by atoms with Gasteiger partial charge in [-0.25, -0.2) is 4.79 Å². The van der Waals surface area contributed by atoms with Crippen molar-refractivity contribution in [3.05, 3.63) is 0 Å². The van der Waals surface area contributed by atoms with Crippen molar-refractivity contribution in [1.82, 2.24) is 0 Å². The first-order valence-electron chi connectivity index (χ1n) is 14.0. The molecule has 0 aromatic carbocycles. The molecular weight excluding hydrogens is 451 g/mol. The summed E-state index contributed by atoms with van der Waals surface area (Å²) in [5.41, 5.74) is 0.972. The molecule has 7 unspecified atom stereocenters. The highest BCUT2D eigenvalue weighted by Crippen LogP contribution is 2.68. The molecule has 0 N–H and O–H groups in total. The SMILES string of the molecule is CC(C)CCC[C@@H](C)C1CCC2C3CC[C@H]4CC(OC(=O)C(Cl)Cl)CCC4(C)C3CCC21C. The Hall–Kier alpha value is 0.0500. The molecule has 0 radical (unpaired) electrons. The zero-order chi connectivity index (χ0) is 24.0. The summed E-state index contributed by atoms with van der Waals surface area (Å²) in [5.74, 6) is 5.53. The number of hydrogen-bond acceptors (Lipinski definition) is 2. The second kappa shape index (κ2) is 10.2. The Morgan fingerprint density at radius 3 is 2.30 bits per heavy atom. The molecule has 0 aromatic rings. The zero-order valence-corrected chi connectivity index (χ0v) is 23.3. The Morgan fingerprint density at radius 1 is 0.909 bits per heavy atom. The van der Waals surface area contributed by atoms with E-state index in [1.807, 2.05) is 0 Å². The molecule has 0 aromatic heterocycles. The van der Waals surface area contributed by atoms with E-state index in [1.165, 1.54) is 64.2 Å². The van der Waals surface area contributed by atoms with Crippen molar-refractivity contribution in [1.29, 1.82) is 0 Å². The lowest BCUT2D eigenvalue weighted by Crippen LogP contribution is -2.54. The first-order valence-corrected chi connectivity index (χ1v) is 14.9. The molecule has 4 fully saturated rings. The van der Waals surface area contributed by atoms with Gasteiger partial charge in [-0.1, -0.05) is 77.1 Å². The van der Waals surface area contributed by atoms with Gasteiger partial charge in [-0.05, 0) is 110 Å². The number of fused-ring (bicyclic) bond motifs is 5. The van der Waals surface area contributed by atoms with Gasteiger partial charge in [0, 0.05) is 0 Å². The van der Waals surface area contributed by atoms with Crippen molar-refractivity contribution < 1.29 is 9.53 Å². The van der Waals surface area contributed by atoms with E-state index in [9.17, 15) is 4.79 Å². The van der Waals surface area contributed by atoms with Gasteiger partial charge < -0.3 is 4.74 Å². The van der Waals surface area contributed by atoms with E-state index in [0.717, 1.165) is 48.3 Å². The van der Waals surface area contributed by atoms with Crippen LogP contribution in [-0.2, 0) is 9.53 Å².